The largest absolute Gasteiger partial charge is 0.456 e. The second-order valence-electron chi connectivity index (χ2n) is 7.22. The molecule has 1 aromatic heterocycles. The van der Waals surface area contributed by atoms with Crippen molar-refractivity contribution in [3.05, 3.63) is 59.0 Å². The van der Waals surface area contributed by atoms with Gasteiger partial charge in [-0.15, -0.1) is 0 Å². The van der Waals surface area contributed by atoms with Crippen LogP contribution in [-0.4, -0.2) is 38.9 Å². The summed E-state index contributed by atoms with van der Waals surface area (Å²) in [6.45, 7) is 5.24. The number of hydrogen-bond acceptors (Lipinski definition) is 4. The highest BCUT2D eigenvalue weighted by atomic mass is 32.2. The predicted octanol–water partition coefficient (Wildman–Crippen LogP) is 2.87. The molecule has 1 unspecified atom stereocenters. The molecule has 0 saturated carbocycles. The average Bonchev–Trinajstić information content (AvgIpc) is 2.98. The van der Waals surface area contributed by atoms with E-state index in [1.54, 1.807) is 17.0 Å². The standard InChI is InChI=1S/C20H26N2O4S/c1-15-11-16(2)26-19(15)20(23)22-10-6-9-18(13-22)12-21-27(24,25)14-17-7-4-3-5-8-17/h3-5,7-8,11,18,21H,6,9-10,12-14H2,1-2H3. The van der Waals surface area contributed by atoms with Crippen molar-refractivity contribution in [3.8, 4) is 0 Å². The van der Waals surface area contributed by atoms with Crippen molar-refractivity contribution in [1.29, 1.82) is 0 Å². The number of sulfonamides is 1. The molecule has 1 saturated heterocycles. The van der Waals surface area contributed by atoms with E-state index in [2.05, 4.69) is 4.72 Å². The lowest BCUT2D eigenvalue weighted by Crippen LogP contribution is -2.43. The lowest BCUT2D eigenvalue weighted by Gasteiger charge is -2.32. The number of hydrogen-bond donors (Lipinski definition) is 1. The van der Waals surface area contributed by atoms with Crippen LogP contribution in [0.1, 0.15) is 40.3 Å². The third-order valence-electron chi connectivity index (χ3n) is 4.83. The van der Waals surface area contributed by atoms with E-state index in [1.807, 2.05) is 38.1 Å². The second-order valence-corrected chi connectivity index (χ2v) is 9.03. The maximum Gasteiger partial charge on any atom is 0.289 e. The van der Waals surface area contributed by atoms with Crippen LogP contribution < -0.4 is 4.72 Å². The minimum absolute atomic E-state index is 0.0337. The predicted molar refractivity (Wildman–Crippen MR) is 104 cm³/mol. The van der Waals surface area contributed by atoms with E-state index in [9.17, 15) is 13.2 Å². The van der Waals surface area contributed by atoms with Gasteiger partial charge in [-0.1, -0.05) is 30.3 Å². The summed E-state index contributed by atoms with van der Waals surface area (Å²) >= 11 is 0. The summed E-state index contributed by atoms with van der Waals surface area (Å²) in [7, 11) is -3.40. The third-order valence-corrected chi connectivity index (χ3v) is 6.15. The highest BCUT2D eigenvalue weighted by Crippen LogP contribution is 2.21. The van der Waals surface area contributed by atoms with Crippen LogP contribution >= 0.6 is 0 Å². The average molecular weight is 391 g/mol. The molecule has 1 aliphatic rings. The first-order chi connectivity index (χ1) is 12.8. The maximum absolute atomic E-state index is 12.7. The lowest BCUT2D eigenvalue weighted by atomic mass is 9.98. The van der Waals surface area contributed by atoms with Crippen molar-refractivity contribution in [1.82, 2.24) is 9.62 Å². The molecule has 2 heterocycles. The summed E-state index contributed by atoms with van der Waals surface area (Å²) in [6, 6.07) is 11.0. The van der Waals surface area contributed by atoms with Gasteiger partial charge in [-0.2, -0.15) is 0 Å². The van der Waals surface area contributed by atoms with Gasteiger partial charge in [0.05, 0.1) is 5.75 Å². The fourth-order valence-corrected chi connectivity index (χ4v) is 4.73. The highest BCUT2D eigenvalue weighted by Gasteiger charge is 2.28. The number of aryl methyl sites for hydroxylation is 2. The molecule has 27 heavy (non-hydrogen) atoms. The van der Waals surface area contributed by atoms with Gasteiger partial charge in [0.1, 0.15) is 5.76 Å². The van der Waals surface area contributed by atoms with Crippen LogP contribution in [-0.2, 0) is 15.8 Å². The molecule has 0 bridgehead atoms. The highest BCUT2D eigenvalue weighted by molar-refractivity contribution is 7.88. The Balaban J connectivity index is 1.57. The number of piperidine rings is 1. The van der Waals surface area contributed by atoms with Gasteiger partial charge in [-0.25, -0.2) is 13.1 Å². The van der Waals surface area contributed by atoms with Crippen LogP contribution in [0.2, 0.25) is 0 Å². The van der Waals surface area contributed by atoms with E-state index in [0.29, 0.717) is 25.4 Å². The van der Waals surface area contributed by atoms with Gasteiger partial charge >= 0.3 is 0 Å². The lowest BCUT2D eigenvalue weighted by molar-refractivity contribution is 0.0642. The number of nitrogens with one attached hydrogen (secondary N) is 1. The molecule has 146 valence electrons. The van der Waals surface area contributed by atoms with E-state index in [1.165, 1.54) is 0 Å². The number of amides is 1. The summed E-state index contributed by atoms with van der Waals surface area (Å²) in [5.41, 5.74) is 1.59. The van der Waals surface area contributed by atoms with Crippen LogP contribution in [0.25, 0.3) is 0 Å². The van der Waals surface area contributed by atoms with Crippen molar-refractivity contribution in [2.75, 3.05) is 19.6 Å². The molecule has 1 atom stereocenters. The zero-order valence-corrected chi connectivity index (χ0v) is 16.6. The Hall–Kier alpha value is -2.12. The molecule has 1 N–H and O–H groups in total. The summed E-state index contributed by atoms with van der Waals surface area (Å²) in [6.07, 6.45) is 1.75. The fourth-order valence-electron chi connectivity index (χ4n) is 3.50. The van der Waals surface area contributed by atoms with E-state index >= 15 is 0 Å². The summed E-state index contributed by atoms with van der Waals surface area (Å²) in [5.74, 6) is 1.06. The molecular weight excluding hydrogens is 364 g/mol. The van der Waals surface area contributed by atoms with Crippen LogP contribution in [0.3, 0.4) is 0 Å². The SMILES string of the molecule is Cc1cc(C)c(C(=O)N2CCCC(CNS(=O)(=O)Cc3ccccc3)C2)o1. The Kier molecular flexibility index (Phi) is 6.01. The van der Waals surface area contributed by atoms with Crippen LogP contribution in [0.5, 0.6) is 0 Å². The summed E-state index contributed by atoms with van der Waals surface area (Å²) in [4.78, 5) is 14.5. The number of nitrogens with zero attached hydrogens (tertiary/aromatic N) is 1. The number of likely N-dealkylation sites (tertiary alicyclic amines) is 1. The first-order valence-electron chi connectivity index (χ1n) is 9.21. The topological polar surface area (TPSA) is 79.6 Å². The molecule has 1 amide bonds. The number of carbonyl (C=O) groups is 1. The summed E-state index contributed by atoms with van der Waals surface area (Å²) < 4.78 is 32.9. The van der Waals surface area contributed by atoms with Gasteiger partial charge in [-0.3, -0.25) is 4.79 Å². The van der Waals surface area contributed by atoms with Crippen LogP contribution in [0.4, 0.5) is 0 Å². The van der Waals surface area contributed by atoms with Gasteiger partial charge in [0.25, 0.3) is 5.91 Å². The Morgan fingerprint density at radius 3 is 2.67 bits per heavy atom. The minimum atomic E-state index is -3.40. The van der Waals surface area contributed by atoms with Gasteiger partial charge in [0.15, 0.2) is 5.76 Å². The Labute approximate surface area is 160 Å². The minimum Gasteiger partial charge on any atom is -0.456 e. The molecular formula is C20H26N2O4S. The van der Waals surface area contributed by atoms with Crippen molar-refractivity contribution in [2.24, 2.45) is 5.92 Å². The fraction of sp³-hybridized carbons (Fsp3) is 0.450. The van der Waals surface area contributed by atoms with E-state index < -0.39 is 10.0 Å². The molecule has 0 radical (unpaired) electrons. The van der Waals surface area contributed by atoms with Gasteiger partial charge in [-0.05, 0) is 44.2 Å². The van der Waals surface area contributed by atoms with Crippen molar-refractivity contribution in [2.45, 2.75) is 32.4 Å². The number of furan rings is 1. The zero-order chi connectivity index (χ0) is 19.4. The molecule has 6 nitrogen and oxygen atoms in total. The first-order valence-corrected chi connectivity index (χ1v) is 10.9. The number of carbonyl (C=O) groups excluding carboxylic acids is 1. The first kappa shape index (κ1) is 19.6. The quantitative estimate of drug-likeness (QED) is 0.822. The molecule has 0 aliphatic carbocycles. The van der Waals surface area contributed by atoms with Crippen LogP contribution in [0.15, 0.2) is 40.8 Å². The smallest absolute Gasteiger partial charge is 0.289 e. The molecule has 1 aliphatic heterocycles. The van der Waals surface area contributed by atoms with Crippen LogP contribution in [0, 0.1) is 19.8 Å². The van der Waals surface area contributed by atoms with Crippen molar-refractivity contribution in [3.63, 3.8) is 0 Å². The molecule has 3 rings (SSSR count). The Morgan fingerprint density at radius 1 is 1.26 bits per heavy atom. The molecule has 7 heteroatoms. The summed E-state index contributed by atoms with van der Waals surface area (Å²) in [5, 5.41) is 0. The van der Waals surface area contributed by atoms with E-state index in [-0.39, 0.29) is 17.6 Å². The molecule has 2 aromatic rings. The number of rotatable bonds is 6. The van der Waals surface area contributed by atoms with Gasteiger partial charge in [0.2, 0.25) is 10.0 Å². The normalized spacial score (nSPS) is 17.9. The van der Waals surface area contributed by atoms with Gasteiger partial charge < -0.3 is 9.32 Å². The maximum atomic E-state index is 12.7. The Morgan fingerprint density at radius 2 is 2.00 bits per heavy atom. The Bertz CT molecular complexity index is 890. The monoisotopic (exact) mass is 390 g/mol. The van der Waals surface area contributed by atoms with Gasteiger partial charge in [0, 0.05) is 25.2 Å². The number of benzene rings is 1. The third kappa shape index (κ3) is 5.20. The molecule has 1 aromatic carbocycles. The van der Waals surface area contributed by atoms with Crippen molar-refractivity contribution >= 4 is 15.9 Å². The zero-order valence-electron chi connectivity index (χ0n) is 15.8. The van der Waals surface area contributed by atoms with E-state index in [0.717, 1.165) is 29.7 Å². The second kappa shape index (κ2) is 8.27. The van der Waals surface area contributed by atoms with E-state index in [4.69, 9.17) is 4.42 Å². The molecule has 0 spiro atoms. The van der Waals surface area contributed by atoms with Crippen molar-refractivity contribution < 1.29 is 17.6 Å². The molecule has 1 fully saturated rings.